The van der Waals surface area contributed by atoms with Crippen LogP contribution in [0.3, 0.4) is 0 Å². The fraction of sp³-hybridized carbons (Fsp3) is 1.00. The molecule has 0 aromatic carbocycles. The second kappa shape index (κ2) is 5.61. The van der Waals surface area contributed by atoms with Gasteiger partial charge in [0.15, 0.2) is 0 Å². The van der Waals surface area contributed by atoms with Crippen LogP contribution in [-0.4, -0.2) is 24.8 Å². The molecular weight excluding hydrogens is 162 g/mol. The summed E-state index contributed by atoms with van der Waals surface area (Å²) in [5, 5.41) is 3.51. The number of likely N-dealkylation sites (N-methyl/N-ethyl adjacent to an activating group) is 1. The zero-order valence-corrected chi connectivity index (χ0v) is 9.18. The average molecular weight is 185 g/mol. The van der Waals surface area contributed by atoms with Crippen LogP contribution in [0.2, 0.25) is 0 Å². The first-order valence-electron chi connectivity index (χ1n) is 5.63. The second-order valence-corrected chi connectivity index (χ2v) is 4.17. The van der Waals surface area contributed by atoms with Crippen molar-refractivity contribution >= 4 is 0 Å². The normalized spacial score (nSPS) is 29.5. The van der Waals surface area contributed by atoms with Crippen molar-refractivity contribution in [2.24, 2.45) is 0 Å². The molecule has 2 heteroatoms. The van der Waals surface area contributed by atoms with Gasteiger partial charge in [-0.3, -0.25) is 0 Å². The van der Waals surface area contributed by atoms with Crippen molar-refractivity contribution in [2.75, 3.05) is 6.54 Å². The summed E-state index contributed by atoms with van der Waals surface area (Å²) in [5.41, 5.74) is 0. The summed E-state index contributed by atoms with van der Waals surface area (Å²) < 4.78 is 5.89. The SMILES string of the molecule is CCN[C@H]1CCCC[C@@H]1OC(C)C. The predicted molar refractivity (Wildman–Crippen MR) is 55.9 cm³/mol. The van der Waals surface area contributed by atoms with E-state index in [4.69, 9.17) is 4.74 Å². The van der Waals surface area contributed by atoms with Gasteiger partial charge in [0.05, 0.1) is 12.2 Å². The lowest BCUT2D eigenvalue weighted by Crippen LogP contribution is -2.44. The lowest BCUT2D eigenvalue weighted by molar-refractivity contribution is -0.0304. The minimum absolute atomic E-state index is 0.365. The maximum Gasteiger partial charge on any atom is 0.0731 e. The molecule has 0 amide bonds. The van der Waals surface area contributed by atoms with E-state index in [1.54, 1.807) is 0 Å². The maximum absolute atomic E-state index is 5.89. The molecule has 1 aliphatic carbocycles. The topological polar surface area (TPSA) is 21.3 Å². The third-order valence-corrected chi connectivity index (χ3v) is 2.62. The molecule has 0 spiro atoms. The fourth-order valence-corrected chi connectivity index (χ4v) is 2.11. The van der Waals surface area contributed by atoms with Crippen molar-refractivity contribution in [3.8, 4) is 0 Å². The molecular formula is C11H23NO. The third-order valence-electron chi connectivity index (χ3n) is 2.62. The Morgan fingerprint density at radius 1 is 1.31 bits per heavy atom. The van der Waals surface area contributed by atoms with Gasteiger partial charge >= 0.3 is 0 Å². The van der Waals surface area contributed by atoms with E-state index in [2.05, 4.69) is 26.1 Å². The van der Waals surface area contributed by atoms with Gasteiger partial charge in [-0.25, -0.2) is 0 Å². The van der Waals surface area contributed by atoms with Gasteiger partial charge in [-0.15, -0.1) is 0 Å². The molecule has 1 rings (SSSR count). The smallest absolute Gasteiger partial charge is 0.0731 e. The minimum atomic E-state index is 0.365. The van der Waals surface area contributed by atoms with Crippen molar-refractivity contribution in [2.45, 2.75) is 64.7 Å². The Morgan fingerprint density at radius 2 is 2.00 bits per heavy atom. The van der Waals surface area contributed by atoms with Crippen molar-refractivity contribution in [3.05, 3.63) is 0 Å². The van der Waals surface area contributed by atoms with Crippen LogP contribution < -0.4 is 5.32 Å². The van der Waals surface area contributed by atoms with E-state index in [0.29, 0.717) is 18.2 Å². The Hall–Kier alpha value is -0.0800. The van der Waals surface area contributed by atoms with Gasteiger partial charge in [0.1, 0.15) is 0 Å². The highest BCUT2D eigenvalue weighted by atomic mass is 16.5. The molecule has 0 aliphatic heterocycles. The maximum atomic E-state index is 5.89. The summed E-state index contributed by atoms with van der Waals surface area (Å²) in [6, 6.07) is 0.598. The molecule has 0 radical (unpaired) electrons. The fourth-order valence-electron chi connectivity index (χ4n) is 2.11. The highest BCUT2D eigenvalue weighted by Crippen LogP contribution is 2.22. The van der Waals surface area contributed by atoms with E-state index in [1.165, 1.54) is 25.7 Å². The van der Waals surface area contributed by atoms with Crippen LogP contribution in [0.5, 0.6) is 0 Å². The average Bonchev–Trinajstić information content (AvgIpc) is 2.08. The van der Waals surface area contributed by atoms with Crippen LogP contribution in [-0.2, 0) is 4.74 Å². The number of hydrogen-bond acceptors (Lipinski definition) is 2. The Kier molecular flexibility index (Phi) is 4.74. The molecule has 0 aromatic rings. The largest absolute Gasteiger partial charge is 0.374 e. The monoisotopic (exact) mass is 185 g/mol. The van der Waals surface area contributed by atoms with Crippen molar-refractivity contribution in [1.29, 1.82) is 0 Å². The first-order valence-corrected chi connectivity index (χ1v) is 5.63. The molecule has 0 bridgehead atoms. The standard InChI is InChI=1S/C11H23NO/c1-4-12-10-7-5-6-8-11(10)13-9(2)3/h9-12H,4-8H2,1-3H3/t10-,11-/m0/s1. The number of ether oxygens (including phenoxy) is 1. The quantitative estimate of drug-likeness (QED) is 0.726. The number of rotatable bonds is 4. The van der Waals surface area contributed by atoms with E-state index in [0.717, 1.165) is 6.54 Å². The van der Waals surface area contributed by atoms with Crippen molar-refractivity contribution < 1.29 is 4.74 Å². The summed E-state index contributed by atoms with van der Waals surface area (Å²) in [5.74, 6) is 0. The number of hydrogen-bond donors (Lipinski definition) is 1. The van der Waals surface area contributed by atoms with Gasteiger partial charge in [-0.1, -0.05) is 19.8 Å². The third kappa shape index (κ3) is 3.65. The Morgan fingerprint density at radius 3 is 2.62 bits per heavy atom. The molecule has 0 heterocycles. The summed E-state index contributed by atoms with van der Waals surface area (Å²) >= 11 is 0. The van der Waals surface area contributed by atoms with Crippen molar-refractivity contribution in [1.82, 2.24) is 5.32 Å². The Bertz CT molecular complexity index is 134. The molecule has 13 heavy (non-hydrogen) atoms. The molecule has 1 saturated carbocycles. The summed E-state index contributed by atoms with van der Waals surface area (Å²) in [7, 11) is 0. The molecule has 0 saturated heterocycles. The van der Waals surface area contributed by atoms with Gasteiger partial charge in [-0.2, -0.15) is 0 Å². The van der Waals surface area contributed by atoms with Gasteiger partial charge < -0.3 is 10.1 Å². The van der Waals surface area contributed by atoms with E-state index < -0.39 is 0 Å². The zero-order valence-electron chi connectivity index (χ0n) is 9.18. The molecule has 0 unspecified atom stereocenters. The molecule has 1 fully saturated rings. The van der Waals surface area contributed by atoms with Crippen LogP contribution in [0.15, 0.2) is 0 Å². The van der Waals surface area contributed by atoms with Gasteiger partial charge in [0.2, 0.25) is 0 Å². The van der Waals surface area contributed by atoms with Gasteiger partial charge in [-0.05, 0) is 33.2 Å². The van der Waals surface area contributed by atoms with Crippen LogP contribution in [0.4, 0.5) is 0 Å². The molecule has 1 N–H and O–H groups in total. The van der Waals surface area contributed by atoms with E-state index in [-0.39, 0.29) is 0 Å². The van der Waals surface area contributed by atoms with Gasteiger partial charge in [0, 0.05) is 6.04 Å². The van der Waals surface area contributed by atoms with Crippen LogP contribution in [0.25, 0.3) is 0 Å². The first-order chi connectivity index (χ1) is 6.24. The van der Waals surface area contributed by atoms with Gasteiger partial charge in [0.25, 0.3) is 0 Å². The molecule has 2 nitrogen and oxygen atoms in total. The molecule has 2 atom stereocenters. The Balaban J connectivity index is 2.36. The summed E-state index contributed by atoms with van der Waals surface area (Å²) in [6.07, 6.45) is 6.02. The highest BCUT2D eigenvalue weighted by molar-refractivity contribution is 4.81. The highest BCUT2D eigenvalue weighted by Gasteiger charge is 2.25. The second-order valence-electron chi connectivity index (χ2n) is 4.17. The minimum Gasteiger partial charge on any atom is -0.374 e. The molecule has 0 aromatic heterocycles. The lowest BCUT2D eigenvalue weighted by Gasteiger charge is -2.33. The summed E-state index contributed by atoms with van der Waals surface area (Å²) in [4.78, 5) is 0. The first kappa shape index (κ1) is 11.0. The number of nitrogens with one attached hydrogen (secondary N) is 1. The lowest BCUT2D eigenvalue weighted by atomic mass is 9.92. The van der Waals surface area contributed by atoms with E-state index in [1.807, 2.05) is 0 Å². The van der Waals surface area contributed by atoms with E-state index >= 15 is 0 Å². The van der Waals surface area contributed by atoms with Crippen LogP contribution in [0, 0.1) is 0 Å². The van der Waals surface area contributed by atoms with Crippen LogP contribution >= 0.6 is 0 Å². The predicted octanol–water partition coefficient (Wildman–Crippen LogP) is 2.33. The molecule has 78 valence electrons. The molecule has 1 aliphatic rings. The van der Waals surface area contributed by atoms with Crippen molar-refractivity contribution in [3.63, 3.8) is 0 Å². The summed E-state index contributed by atoms with van der Waals surface area (Å²) in [6.45, 7) is 7.47. The zero-order chi connectivity index (χ0) is 9.68. The van der Waals surface area contributed by atoms with Crippen LogP contribution in [0.1, 0.15) is 46.5 Å². The van der Waals surface area contributed by atoms with E-state index in [9.17, 15) is 0 Å². The Labute approximate surface area is 82.0 Å².